The molecule has 3 rings (SSSR count). The molecule has 0 spiro atoms. The Morgan fingerprint density at radius 1 is 1.35 bits per heavy atom. The predicted octanol–water partition coefficient (Wildman–Crippen LogP) is 1.47. The third-order valence-electron chi connectivity index (χ3n) is 4.22. The Balaban J connectivity index is 1.57. The van der Waals surface area contributed by atoms with Crippen molar-refractivity contribution in [1.29, 1.82) is 0 Å². The summed E-state index contributed by atoms with van der Waals surface area (Å²) in [4.78, 5) is 41.4. The number of rotatable bonds is 6. The van der Waals surface area contributed by atoms with E-state index in [1.807, 2.05) is 31.2 Å². The van der Waals surface area contributed by atoms with Gasteiger partial charge >= 0.3 is 0 Å². The number of carbonyl (C=O) groups excluding carboxylic acids is 3. The Labute approximate surface area is 155 Å². The summed E-state index contributed by atoms with van der Waals surface area (Å²) >= 11 is 1.23. The summed E-state index contributed by atoms with van der Waals surface area (Å²) in [7, 11) is 0. The molecule has 136 valence electrons. The van der Waals surface area contributed by atoms with Gasteiger partial charge in [-0.1, -0.05) is 29.8 Å². The van der Waals surface area contributed by atoms with E-state index < -0.39 is 11.8 Å². The van der Waals surface area contributed by atoms with Crippen LogP contribution in [0.5, 0.6) is 0 Å². The number of anilines is 1. The van der Waals surface area contributed by atoms with Crippen molar-refractivity contribution in [2.75, 3.05) is 11.9 Å². The quantitative estimate of drug-likeness (QED) is 0.801. The van der Waals surface area contributed by atoms with Gasteiger partial charge in [0.05, 0.1) is 18.0 Å². The van der Waals surface area contributed by atoms with E-state index in [0.29, 0.717) is 23.9 Å². The maximum atomic E-state index is 12.4. The lowest BCUT2D eigenvalue weighted by molar-refractivity contribution is -0.128. The molecule has 1 aromatic carbocycles. The smallest absolute Gasteiger partial charge is 0.231 e. The number of hydrogen-bond acceptors (Lipinski definition) is 5. The van der Waals surface area contributed by atoms with Gasteiger partial charge in [0.25, 0.3) is 0 Å². The van der Waals surface area contributed by atoms with Crippen LogP contribution in [0.25, 0.3) is 0 Å². The molecule has 0 saturated carbocycles. The molecule has 8 heteroatoms. The number of hydrogen-bond donors (Lipinski definition) is 2. The Kier molecular flexibility index (Phi) is 5.32. The zero-order valence-electron chi connectivity index (χ0n) is 14.4. The van der Waals surface area contributed by atoms with Gasteiger partial charge in [0.2, 0.25) is 17.7 Å². The van der Waals surface area contributed by atoms with Crippen molar-refractivity contribution in [2.24, 2.45) is 11.7 Å². The monoisotopic (exact) mass is 372 g/mol. The van der Waals surface area contributed by atoms with Gasteiger partial charge in [-0.25, -0.2) is 4.98 Å². The summed E-state index contributed by atoms with van der Waals surface area (Å²) in [5.74, 6) is -1.14. The Bertz CT molecular complexity index is 831. The molecule has 2 aromatic rings. The standard InChI is InChI=1S/C18H20N4O3S/c1-11-2-4-12(5-3-11)8-22-9-13(6-16(22)24)17(25)21-18-20-14(10-26-18)7-15(19)23/h2-5,10,13H,6-9H2,1H3,(H2,19,23)(H,20,21,25). The normalized spacial score (nSPS) is 16.7. The van der Waals surface area contributed by atoms with E-state index in [1.54, 1.807) is 10.3 Å². The minimum absolute atomic E-state index is 0.0284. The minimum Gasteiger partial charge on any atom is -0.369 e. The minimum atomic E-state index is -0.471. The first-order valence-corrected chi connectivity index (χ1v) is 9.15. The summed E-state index contributed by atoms with van der Waals surface area (Å²) in [5.41, 5.74) is 7.87. The van der Waals surface area contributed by atoms with E-state index in [0.717, 1.165) is 11.1 Å². The predicted molar refractivity (Wildman–Crippen MR) is 98.3 cm³/mol. The van der Waals surface area contributed by atoms with Crippen LogP contribution in [0.3, 0.4) is 0 Å². The van der Waals surface area contributed by atoms with Crippen molar-refractivity contribution in [1.82, 2.24) is 9.88 Å². The van der Waals surface area contributed by atoms with Gasteiger partial charge in [-0.15, -0.1) is 11.3 Å². The average molecular weight is 372 g/mol. The molecule has 3 N–H and O–H groups in total. The SMILES string of the molecule is Cc1ccc(CN2CC(C(=O)Nc3nc(CC(N)=O)cs3)CC2=O)cc1. The number of primary amides is 1. The molecule has 0 aliphatic carbocycles. The molecular weight excluding hydrogens is 352 g/mol. The molecule has 26 heavy (non-hydrogen) atoms. The fourth-order valence-corrected chi connectivity index (χ4v) is 3.56. The van der Waals surface area contributed by atoms with E-state index in [9.17, 15) is 14.4 Å². The van der Waals surface area contributed by atoms with E-state index in [4.69, 9.17) is 5.73 Å². The molecule has 0 radical (unpaired) electrons. The Morgan fingerprint density at radius 3 is 2.77 bits per heavy atom. The molecule has 2 heterocycles. The van der Waals surface area contributed by atoms with Crippen LogP contribution >= 0.6 is 11.3 Å². The highest BCUT2D eigenvalue weighted by Crippen LogP contribution is 2.23. The number of nitrogens with zero attached hydrogens (tertiary/aromatic N) is 2. The summed E-state index contributed by atoms with van der Waals surface area (Å²) in [6.07, 6.45) is 0.232. The number of benzene rings is 1. The molecule has 1 atom stereocenters. The van der Waals surface area contributed by atoms with Gasteiger partial charge in [0, 0.05) is 24.9 Å². The largest absolute Gasteiger partial charge is 0.369 e. The van der Waals surface area contributed by atoms with E-state index >= 15 is 0 Å². The van der Waals surface area contributed by atoms with E-state index in [-0.39, 0.29) is 24.7 Å². The second-order valence-corrected chi connectivity index (χ2v) is 7.30. The number of nitrogens with two attached hydrogens (primary N) is 1. The van der Waals surface area contributed by atoms with Gasteiger partial charge in [-0.2, -0.15) is 0 Å². The lowest BCUT2D eigenvalue weighted by Gasteiger charge is -2.16. The van der Waals surface area contributed by atoms with Crippen LogP contribution in [0.1, 0.15) is 23.2 Å². The van der Waals surface area contributed by atoms with E-state index in [1.165, 1.54) is 11.3 Å². The number of aryl methyl sites for hydroxylation is 1. The fourth-order valence-electron chi connectivity index (χ4n) is 2.85. The van der Waals surface area contributed by atoms with Crippen LogP contribution in [0.4, 0.5) is 5.13 Å². The number of nitrogens with one attached hydrogen (secondary N) is 1. The first kappa shape index (κ1) is 18.1. The number of aromatic nitrogens is 1. The topological polar surface area (TPSA) is 105 Å². The van der Waals surface area contributed by atoms with E-state index in [2.05, 4.69) is 10.3 Å². The number of carbonyl (C=O) groups is 3. The molecule has 1 saturated heterocycles. The van der Waals surface area contributed by atoms with Crippen molar-refractivity contribution in [3.05, 3.63) is 46.5 Å². The zero-order valence-corrected chi connectivity index (χ0v) is 15.2. The third-order valence-corrected chi connectivity index (χ3v) is 5.02. The van der Waals surface area contributed by atoms with Crippen molar-refractivity contribution in [3.63, 3.8) is 0 Å². The highest BCUT2D eigenvalue weighted by molar-refractivity contribution is 7.13. The van der Waals surface area contributed by atoms with Crippen LogP contribution in [-0.2, 0) is 27.3 Å². The number of amides is 3. The molecule has 1 aliphatic rings. The third kappa shape index (κ3) is 4.45. The van der Waals surface area contributed by atoms with Gasteiger partial charge in [-0.05, 0) is 12.5 Å². The lowest BCUT2D eigenvalue weighted by Crippen LogP contribution is -2.28. The van der Waals surface area contributed by atoms with Crippen molar-refractivity contribution in [2.45, 2.75) is 26.3 Å². The van der Waals surface area contributed by atoms with Crippen LogP contribution in [0, 0.1) is 12.8 Å². The van der Waals surface area contributed by atoms with Gasteiger partial charge in [0.15, 0.2) is 5.13 Å². The molecule has 1 fully saturated rings. The van der Waals surface area contributed by atoms with Crippen molar-refractivity contribution >= 4 is 34.2 Å². The summed E-state index contributed by atoms with van der Waals surface area (Å²) < 4.78 is 0. The second kappa shape index (κ2) is 7.65. The number of likely N-dealkylation sites (tertiary alicyclic amines) is 1. The first-order valence-electron chi connectivity index (χ1n) is 8.27. The molecule has 1 aliphatic heterocycles. The maximum Gasteiger partial charge on any atom is 0.231 e. The first-order chi connectivity index (χ1) is 12.4. The number of thiazole rings is 1. The Hall–Kier alpha value is -2.74. The van der Waals surface area contributed by atoms with Gasteiger partial charge < -0.3 is 16.0 Å². The molecule has 1 unspecified atom stereocenters. The molecule has 7 nitrogen and oxygen atoms in total. The second-order valence-electron chi connectivity index (χ2n) is 6.44. The van der Waals surface area contributed by atoms with Crippen LogP contribution in [-0.4, -0.2) is 34.2 Å². The van der Waals surface area contributed by atoms with Crippen LogP contribution in [0.2, 0.25) is 0 Å². The molecule has 1 aromatic heterocycles. The lowest BCUT2D eigenvalue weighted by atomic mass is 10.1. The molecular formula is C18H20N4O3S. The molecule has 0 bridgehead atoms. The summed E-state index contributed by atoms with van der Waals surface area (Å²) in [5, 5.41) is 4.82. The zero-order chi connectivity index (χ0) is 18.7. The molecule has 3 amide bonds. The fraction of sp³-hybridized carbons (Fsp3) is 0.333. The Morgan fingerprint density at radius 2 is 2.08 bits per heavy atom. The van der Waals surface area contributed by atoms with Crippen LogP contribution in [0.15, 0.2) is 29.6 Å². The van der Waals surface area contributed by atoms with Crippen LogP contribution < -0.4 is 11.1 Å². The van der Waals surface area contributed by atoms with Crippen molar-refractivity contribution < 1.29 is 14.4 Å². The highest BCUT2D eigenvalue weighted by atomic mass is 32.1. The average Bonchev–Trinajstić information content (AvgIpc) is 3.16. The summed E-state index contributed by atoms with van der Waals surface area (Å²) in [6.45, 7) is 2.90. The van der Waals surface area contributed by atoms with Gasteiger partial charge in [0.1, 0.15) is 0 Å². The van der Waals surface area contributed by atoms with Crippen molar-refractivity contribution in [3.8, 4) is 0 Å². The van der Waals surface area contributed by atoms with Gasteiger partial charge in [-0.3, -0.25) is 14.4 Å². The highest BCUT2D eigenvalue weighted by Gasteiger charge is 2.34. The maximum absolute atomic E-state index is 12.4. The summed E-state index contributed by atoms with van der Waals surface area (Å²) in [6, 6.07) is 8.00.